The molecule has 0 saturated carbocycles. The van der Waals surface area contributed by atoms with Crippen molar-refractivity contribution < 1.29 is 22.7 Å². The molecule has 1 aliphatic heterocycles. The Labute approximate surface area is 124 Å². The van der Waals surface area contributed by atoms with E-state index in [0.717, 1.165) is 5.56 Å². The SMILES string of the molecule is CCNC1c2ccccc2OCC1S(=O)(=O)CC(=O)OC. The molecule has 1 N–H and O–H groups in total. The number of sulfone groups is 1. The van der Waals surface area contributed by atoms with Gasteiger partial charge in [-0.25, -0.2) is 8.42 Å². The predicted octanol–water partition coefficient (Wildman–Crippen LogP) is 0.686. The van der Waals surface area contributed by atoms with Crippen molar-refractivity contribution in [2.24, 2.45) is 0 Å². The summed E-state index contributed by atoms with van der Waals surface area (Å²) in [5.74, 6) is -0.723. The lowest BCUT2D eigenvalue weighted by molar-refractivity contribution is -0.137. The molecular formula is C14H19NO5S. The van der Waals surface area contributed by atoms with Crippen LogP contribution in [0, 0.1) is 0 Å². The topological polar surface area (TPSA) is 81.7 Å². The third-order valence-electron chi connectivity index (χ3n) is 3.46. The summed E-state index contributed by atoms with van der Waals surface area (Å²) in [5, 5.41) is 2.36. The Kier molecular flexibility index (Phi) is 4.84. The molecule has 2 unspecified atom stereocenters. The van der Waals surface area contributed by atoms with Crippen molar-refractivity contribution in [1.29, 1.82) is 0 Å². The average molecular weight is 313 g/mol. The van der Waals surface area contributed by atoms with E-state index in [0.29, 0.717) is 12.3 Å². The van der Waals surface area contributed by atoms with Crippen molar-refractivity contribution >= 4 is 15.8 Å². The lowest BCUT2D eigenvalue weighted by Gasteiger charge is -2.33. The van der Waals surface area contributed by atoms with E-state index in [1.54, 1.807) is 0 Å². The molecule has 6 nitrogen and oxygen atoms in total. The normalized spacial score (nSPS) is 21.2. The first-order valence-electron chi connectivity index (χ1n) is 6.73. The molecule has 1 aromatic rings. The summed E-state index contributed by atoms with van der Waals surface area (Å²) in [5.41, 5.74) is 0.795. The Morgan fingerprint density at radius 1 is 1.43 bits per heavy atom. The minimum absolute atomic E-state index is 0.0218. The molecule has 1 aromatic carbocycles. The van der Waals surface area contributed by atoms with Gasteiger partial charge in [-0.1, -0.05) is 25.1 Å². The largest absolute Gasteiger partial charge is 0.492 e. The lowest BCUT2D eigenvalue weighted by atomic mass is 10.0. The summed E-state index contributed by atoms with van der Waals surface area (Å²) in [4.78, 5) is 11.3. The fourth-order valence-electron chi connectivity index (χ4n) is 2.44. The molecule has 0 amide bonds. The number of hydrogen-bond acceptors (Lipinski definition) is 6. The summed E-state index contributed by atoms with van der Waals surface area (Å²) in [7, 11) is -2.50. The van der Waals surface area contributed by atoms with E-state index < -0.39 is 32.9 Å². The second-order valence-electron chi connectivity index (χ2n) is 4.81. The highest BCUT2D eigenvalue weighted by Gasteiger charge is 2.40. The maximum Gasteiger partial charge on any atom is 0.320 e. The van der Waals surface area contributed by atoms with Crippen LogP contribution in [0.3, 0.4) is 0 Å². The first kappa shape index (κ1) is 15.8. The third kappa shape index (κ3) is 3.36. The van der Waals surface area contributed by atoms with Gasteiger partial charge in [0.05, 0.1) is 13.2 Å². The Balaban J connectivity index is 2.34. The Bertz CT molecular complexity index is 614. The van der Waals surface area contributed by atoms with Crippen LogP contribution in [-0.4, -0.2) is 45.7 Å². The first-order valence-corrected chi connectivity index (χ1v) is 8.44. The monoisotopic (exact) mass is 313 g/mol. The molecule has 2 rings (SSSR count). The minimum Gasteiger partial charge on any atom is -0.492 e. The second kappa shape index (κ2) is 6.44. The molecule has 7 heteroatoms. The number of hydrogen-bond donors (Lipinski definition) is 1. The van der Waals surface area contributed by atoms with Crippen LogP contribution in [0.2, 0.25) is 0 Å². The van der Waals surface area contributed by atoms with Crippen LogP contribution in [0.4, 0.5) is 0 Å². The number of carbonyl (C=O) groups is 1. The van der Waals surface area contributed by atoms with Crippen LogP contribution in [0.25, 0.3) is 0 Å². The molecule has 0 bridgehead atoms. The Morgan fingerprint density at radius 2 is 2.14 bits per heavy atom. The van der Waals surface area contributed by atoms with Crippen LogP contribution in [0.1, 0.15) is 18.5 Å². The lowest BCUT2D eigenvalue weighted by Crippen LogP contribution is -2.45. The molecule has 2 atom stereocenters. The maximum absolute atomic E-state index is 12.4. The number of benzene rings is 1. The van der Waals surface area contributed by atoms with Gasteiger partial charge in [0, 0.05) is 5.56 Å². The van der Waals surface area contributed by atoms with Gasteiger partial charge in [-0.15, -0.1) is 0 Å². The molecule has 0 radical (unpaired) electrons. The van der Waals surface area contributed by atoms with E-state index in [-0.39, 0.29) is 6.61 Å². The van der Waals surface area contributed by atoms with E-state index in [1.165, 1.54) is 7.11 Å². The number of nitrogens with one attached hydrogen (secondary N) is 1. The molecule has 0 spiro atoms. The van der Waals surface area contributed by atoms with E-state index in [9.17, 15) is 13.2 Å². The summed E-state index contributed by atoms with van der Waals surface area (Å²) in [6, 6.07) is 6.92. The number of rotatable bonds is 5. The van der Waals surface area contributed by atoms with Crippen LogP contribution in [0.15, 0.2) is 24.3 Å². The zero-order valence-electron chi connectivity index (χ0n) is 12.0. The minimum atomic E-state index is -3.67. The van der Waals surface area contributed by atoms with Gasteiger partial charge in [-0.2, -0.15) is 0 Å². The molecule has 0 saturated heterocycles. The summed E-state index contributed by atoms with van der Waals surface area (Å²) < 4.78 is 34.9. The van der Waals surface area contributed by atoms with Crippen molar-refractivity contribution in [3.05, 3.63) is 29.8 Å². The van der Waals surface area contributed by atoms with Gasteiger partial charge in [0.15, 0.2) is 9.84 Å². The fourth-order valence-corrected chi connectivity index (χ4v) is 4.03. The van der Waals surface area contributed by atoms with Gasteiger partial charge in [0.1, 0.15) is 23.4 Å². The molecule has 0 aromatic heterocycles. The number of esters is 1. The standard InChI is InChI=1S/C14H19NO5S/c1-3-15-14-10-6-4-5-7-11(10)20-8-12(14)21(17,18)9-13(16)19-2/h4-7,12,14-15H,3,8-9H2,1-2H3. The molecule has 0 aliphatic carbocycles. The van der Waals surface area contributed by atoms with Crippen molar-refractivity contribution in [2.75, 3.05) is 26.0 Å². The van der Waals surface area contributed by atoms with Crippen molar-refractivity contribution in [3.63, 3.8) is 0 Å². The van der Waals surface area contributed by atoms with Gasteiger partial charge in [-0.05, 0) is 12.6 Å². The maximum atomic E-state index is 12.4. The molecule has 21 heavy (non-hydrogen) atoms. The molecule has 1 aliphatic rings. The molecule has 1 heterocycles. The van der Waals surface area contributed by atoms with Crippen LogP contribution in [0.5, 0.6) is 5.75 Å². The smallest absolute Gasteiger partial charge is 0.320 e. The van der Waals surface area contributed by atoms with Crippen molar-refractivity contribution in [3.8, 4) is 5.75 Å². The highest BCUT2D eigenvalue weighted by Crippen LogP contribution is 2.35. The van der Waals surface area contributed by atoms with Crippen LogP contribution < -0.4 is 10.1 Å². The second-order valence-corrected chi connectivity index (χ2v) is 7.03. The summed E-state index contributed by atoms with van der Waals surface area (Å²) >= 11 is 0. The highest BCUT2D eigenvalue weighted by atomic mass is 32.2. The van der Waals surface area contributed by atoms with Gasteiger partial charge < -0.3 is 14.8 Å². The van der Waals surface area contributed by atoms with Gasteiger partial charge in [0.2, 0.25) is 0 Å². The molecular weight excluding hydrogens is 294 g/mol. The molecule has 116 valence electrons. The van der Waals surface area contributed by atoms with E-state index in [2.05, 4.69) is 10.1 Å². The predicted molar refractivity (Wildman–Crippen MR) is 77.9 cm³/mol. The van der Waals surface area contributed by atoms with E-state index in [4.69, 9.17) is 4.74 Å². The number of methoxy groups -OCH3 is 1. The van der Waals surface area contributed by atoms with Gasteiger partial charge in [0.25, 0.3) is 0 Å². The number of ether oxygens (including phenoxy) is 2. The summed E-state index contributed by atoms with van der Waals surface area (Å²) in [6.07, 6.45) is 0. The number of carbonyl (C=O) groups excluding carboxylic acids is 1. The zero-order valence-corrected chi connectivity index (χ0v) is 12.9. The van der Waals surface area contributed by atoms with Gasteiger partial charge >= 0.3 is 5.97 Å². The zero-order chi connectivity index (χ0) is 15.5. The number of fused-ring (bicyclic) bond motifs is 1. The average Bonchev–Trinajstić information content (AvgIpc) is 2.47. The van der Waals surface area contributed by atoms with Crippen LogP contribution >= 0.6 is 0 Å². The molecule has 0 fully saturated rings. The Hall–Kier alpha value is -1.60. The first-order chi connectivity index (χ1) is 9.99. The quantitative estimate of drug-likeness (QED) is 0.805. The van der Waals surface area contributed by atoms with E-state index >= 15 is 0 Å². The van der Waals surface area contributed by atoms with Crippen molar-refractivity contribution in [1.82, 2.24) is 5.32 Å². The summed E-state index contributed by atoms with van der Waals surface area (Å²) in [6.45, 7) is 2.54. The van der Waals surface area contributed by atoms with Gasteiger partial charge in [-0.3, -0.25) is 4.79 Å². The van der Waals surface area contributed by atoms with E-state index in [1.807, 2.05) is 31.2 Å². The van der Waals surface area contributed by atoms with Crippen LogP contribution in [-0.2, 0) is 19.4 Å². The Morgan fingerprint density at radius 3 is 2.81 bits per heavy atom. The number of para-hydroxylation sites is 1. The highest BCUT2D eigenvalue weighted by molar-refractivity contribution is 7.92. The van der Waals surface area contributed by atoms with Crippen molar-refractivity contribution in [2.45, 2.75) is 18.2 Å². The fraction of sp³-hybridized carbons (Fsp3) is 0.500. The third-order valence-corrected chi connectivity index (χ3v) is 5.43.